The van der Waals surface area contributed by atoms with E-state index in [1.165, 1.54) is 7.11 Å². The molecule has 17 heavy (non-hydrogen) atoms. The summed E-state index contributed by atoms with van der Waals surface area (Å²) in [6, 6.07) is 7.16. The molecular formula is C11H12N4O2. The first-order chi connectivity index (χ1) is 8.20. The van der Waals surface area contributed by atoms with E-state index in [9.17, 15) is 4.79 Å². The van der Waals surface area contributed by atoms with Gasteiger partial charge < -0.3 is 4.74 Å². The molecule has 0 amide bonds. The zero-order valence-corrected chi connectivity index (χ0v) is 9.62. The van der Waals surface area contributed by atoms with Gasteiger partial charge in [-0.25, -0.2) is 9.48 Å². The molecule has 88 valence electrons. The van der Waals surface area contributed by atoms with Crippen molar-refractivity contribution in [3.05, 3.63) is 41.2 Å². The number of aromatic nitrogens is 4. The summed E-state index contributed by atoms with van der Waals surface area (Å²) in [5.74, 6) is 0.414. The topological polar surface area (TPSA) is 69.9 Å². The van der Waals surface area contributed by atoms with Gasteiger partial charge in [0.2, 0.25) is 0 Å². The molecule has 6 nitrogen and oxygen atoms in total. The Balaban J connectivity index is 2.14. The number of esters is 1. The molecule has 0 fully saturated rings. The highest BCUT2D eigenvalue weighted by atomic mass is 16.5. The molecule has 6 heteroatoms. The number of aryl methyl sites for hydroxylation is 1. The van der Waals surface area contributed by atoms with Crippen molar-refractivity contribution in [3.63, 3.8) is 0 Å². The summed E-state index contributed by atoms with van der Waals surface area (Å²) in [6.45, 7) is 2.42. The van der Waals surface area contributed by atoms with Crippen molar-refractivity contribution < 1.29 is 9.53 Å². The first kappa shape index (κ1) is 11.3. The average Bonchev–Trinajstić information content (AvgIpc) is 2.75. The summed E-state index contributed by atoms with van der Waals surface area (Å²) < 4.78 is 6.31. The van der Waals surface area contributed by atoms with E-state index in [0.29, 0.717) is 12.1 Å². The quantitative estimate of drug-likeness (QED) is 0.732. The number of hydrogen-bond acceptors (Lipinski definition) is 5. The Morgan fingerprint density at radius 3 is 2.59 bits per heavy atom. The monoisotopic (exact) mass is 232 g/mol. The largest absolute Gasteiger partial charge is 0.465 e. The number of benzene rings is 1. The second kappa shape index (κ2) is 4.73. The molecule has 0 atom stereocenters. The SMILES string of the molecule is COC(=O)c1ccc(Cn2nnnc2C)cc1. The van der Waals surface area contributed by atoms with E-state index in [4.69, 9.17) is 0 Å². The van der Waals surface area contributed by atoms with Crippen molar-refractivity contribution in [2.45, 2.75) is 13.5 Å². The molecule has 2 rings (SSSR count). The fraction of sp³-hybridized carbons (Fsp3) is 0.273. The molecule has 0 saturated heterocycles. The van der Waals surface area contributed by atoms with Gasteiger partial charge in [0.1, 0.15) is 5.82 Å². The van der Waals surface area contributed by atoms with Gasteiger partial charge in [-0.3, -0.25) is 0 Å². The smallest absolute Gasteiger partial charge is 0.337 e. The highest BCUT2D eigenvalue weighted by Gasteiger charge is 2.05. The van der Waals surface area contributed by atoms with E-state index in [1.54, 1.807) is 16.8 Å². The fourth-order valence-corrected chi connectivity index (χ4v) is 1.43. The maximum absolute atomic E-state index is 11.2. The predicted octanol–water partition coefficient (Wildman–Crippen LogP) is 0.816. The van der Waals surface area contributed by atoms with Crippen LogP contribution in [0, 0.1) is 6.92 Å². The second-order valence-electron chi connectivity index (χ2n) is 3.57. The van der Waals surface area contributed by atoms with Crippen LogP contribution in [0.1, 0.15) is 21.7 Å². The number of carbonyl (C=O) groups is 1. The molecule has 1 aromatic heterocycles. The standard InChI is InChI=1S/C11H12N4O2/c1-8-12-13-14-15(8)7-9-3-5-10(6-4-9)11(16)17-2/h3-6H,7H2,1-2H3. The van der Waals surface area contributed by atoms with E-state index in [0.717, 1.165) is 11.4 Å². The van der Waals surface area contributed by atoms with Crippen LogP contribution in [0.5, 0.6) is 0 Å². The van der Waals surface area contributed by atoms with E-state index in [1.807, 2.05) is 19.1 Å². The van der Waals surface area contributed by atoms with E-state index in [2.05, 4.69) is 20.3 Å². The number of tetrazole rings is 1. The summed E-state index contributed by atoms with van der Waals surface area (Å²) in [5.41, 5.74) is 1.55. The molecule has 0 radical (unpaired) electrons. The number of ether oxygens (including phenoxy) is 1. The van der Waals surface area contributed by atoms with Crippen LogP contribution in [0.3, 0.4) is 0 Å². The minimum Gasteiger partial charge on any atom is -0.465 e. The van der Waals surface area contributed by atoms with Crippen molar-refractivity contribution in [1.82, 2.24) is 20.2 Å². The lowest BCUT2D eigenvalue weighted by Gasteiger charge is -2.03. The average molecular weight is 232 g/mol. The summed E-state index contributed by atoms with van der Waals surface area (Å²) >= 11 is 0. The third kappa shape index (κ3) is 2.47. The Morgan fingerprint density at radius 2 is 2.06 bits per heavy atom. The van der Waals surface area contributed by atoms with Crippen LogP contribution in [0.15, 0.2) is 24.3 Å². The Hall–Kier alpha value is -2.24. The van der Waals surface area contributed by atoms with Crippen molar-refractivity contribution in [1.29, 1.82) is 0 Å². The van der Waals surface area contributed by atoms with E-state index in [-0.39, 0.29) is 5.97 Å². The maximum atomic E-state index is 11.2. The molecule has 2 aromatic rings. The normalized spacial score (nSPS) is 10.2. The van der Waals surface area contributed by atoms with E-state index >= 15 is 0 Å². The van der Waals surface area contributed by atoms with Crippen LogP contribution in [0.4, 0.5) is 0 Å². The number of carbonyl (C=O) groups excluding carboxylic acids is 1. The van der Waals surface area contributed by atoms with Gasteiger partial charge in [-0.05, 0) is 35.0 Å². The third-order valence-corrected chi connectivity index (χ3v) is 2.42. The summed E-state index contributed by atoms with van der Waals surface area (Å²) in [7, 11) is 1.36. The lowest BCUT2D eigenvalue weighted by atomic mass is 10.1. The van der Waals surface area contributed by atoms with Crippen molar-refractivity contribution >= 4 is 5.97 Å². The first-order valence-electron chi connectivity index (χ1n) is 5.10. The molecule has 0 aliphatic carbocycles. The zero-order chi connectivity index (χ0) is 12.3. The molecule has 0 bridgehead atoms. The molecule has 1 aromatic carbocycles. The van der Waals surface area contributed by atoms with Gasteiger partial charge in [0.05, 0.1) is 19.2 Å². The minimum atomic E-state index is -0.338. The zero-order valence-electron chi connectivity index (χ0n) is 9.62. The second-order valence-corrected chi connectivity index (χ2v) is 3.57. The van der Waals surface area contributed by atoms with Crippen molar-refractivity contribution in [2.24, 2.45) is 0 Å². The molecule has 0 unspecified atom stereocenters. The number of hydrogen-bond donors (Lipinski definition) is 0. The number of rotatable bonds is 3. The molecule has 0 N–H and O–H groups in total. The Labute approximate surface area is 98.2 Å². The Kier molecular flexibility index (Phi) is 3.13. The van der Waals surface area contributed by atoms with Crippen LogP contribution >= 0.6 is 0 Å². The molecule has 1 heterocycles. The van der Waals surface area contributed by atoms with Gasteiger partial charge in [-0.15, -0.1) is 5.10 Å². The van der Waals surface area contributed by atoms with Crippen LogP contribution < -0.4 is 0 Å². The van der Waals surface area contributed by atoms with E-state index < -0.39 is 0 Å². The summed E-state index contributed by atoms with van der Waals surface area (Å²) in [4.78, 5) is 11.2. The predicted molar refractivity (Wildman–Crippen MR) is 59.4 cm³/mol. The van der Waals surface area contributed by atoms with Gasteiger partial charge in [0, 0.05) is 0 Å². The minimum absolute atomic E-state index is 0.338. The lowest BCUT2D eigenvalue weighted by molar-refractivity contribution is 0.0600. The molecule has 0 aliphatic rings. The highest BCUT2D eigenvalue weighted by Crippen LogP contribution is 2.07. The van der Waals surface area contributed by atoms with Gasteiger partial charge in [0.15, 0.2) is 0 Å². The highest BCUT2D eigenvalue weighted by molar-refractivity contribution is 5.89. The van der Waals surface area contributed by atoms with Gasteiger partial charge in [-0.2, -0.15) is 0 Å². The van der Waals surface area contributed by atoms with Crippen LogP contribution in [0.25, 0.3) is 0 Å². The molecule has 0 spiro atoms. The van der Waals surface area contributed by atoms with Gasteiger partial charge in [-0.1, -0.05) is 12.1 Å². The Morgan fingerprint density at radius 1 is 1.35 bits per heavy atom. The van der Waals surface area contributed by atoms with Crippen molar-refractivity contribution in [2.75, 3.05) is 7.11 Å². The molecular weight excluding hydrogens is 220 g/mol. The lowest BCUT2D eigenvalue weighted by Crippen LogP contribution is -2.05. The van der Waals surface area contributed by atoms with Crippen LogP contribution in [0.2, 0.25) is 0 Å². The van der Waals surface area contributed by atoms with Gasteiger partial charge in [0.25, 0.3) is 0 Å². The van der Waals surface area contributed by atoms with Gasteiger partial charge >= 0.3 is 5.97 Å². The van der Waals surface area contributed by atoms with Crippen LogP contribution in [-0.2, 0) is 11.3 Å². The third-order valence-electron chi connectivity index (χ3n) is 2.42. The first-order valence-corrected chi connectivity index (χ1v) is 5.10. The van der Waals surface area contributed by atoms with Crippen molar-refractivity contribution in [3.8, 4) is 0 Å². The van der Waals surface area contributed by atoms with Crippen LogP contribution in [-0.4, -0.2) is 33.3 Å². The maximum Gasteiger partial charge on any atom is 0.337 e. The Bertz CT molecular complexity index is 519. The summed E-state index contributed by atoms with van der Waals surface area (Å²) in [5, 5.41) is 11.2. The molecule has 0 saturated carbocycles. The number of nitrogens with zero attached hydrogens (tertiary/aromatic N) is 4. The fourth-order valence-electron chi connectivity index (χ4n) is 1.43. The molecule has 0 aliphatic heterocycles. The number of methoxy groups -OCH3 is 1. The summed E-state index contributed by atoms with van der Waals surface area (Å²) in [6.07, 6.45) is 0.